The minimum Gasteiger partial charge on any atom is -0.342 e. The lowest BCUT2D eigenvalue weighted by Gasteiger charge is -2.19. The summed E-state index contributed by atoms with van der Waals surface area (Å²) in [5.74, 6) is 1.62. The molecule has 0 spiro atoms. The van der Waals surface area contributed by atoms with Gasteiger partial charge in [-0.05, 0) is 25.3 Å². The van der Waals surface area contributed by atoms with Gasteiger partial charge < -0.3 is 10.2 Å². The Balaban J connectivity index is 2.35. The summed E-state index contributed by atoms with van der Waals surface area (Å²) in [7, 11) is 0. The fraction of sp³-hybridized carbons (Fsp3) is 0.917. The molecule has 1 saturated heterocycles. The summed E-state index contributed by atoms with van der Waals surface area (Å²) in [5, 5.41) is 3.27. The molecule has 1 fully saturated rings. The van der Waals surface area contributed by atoms with Crippen molar-refractivity contribution in [3.05, 3.63) is 0 Å². The first-order chi connectivity index (χ1) is 7.04. The van der Waals surface area contributed by atoms with Crippen molar-refractivity contribution in [3.63, 3.8) is 0 Å². The predicted molar refractivity (Wildman–Crippen MR) is 62.7 cm³/mol. The van der Waals surface area contributed by atoms with Crippen LogP contribution < -0.4 is 5.32 Å². The van der Waals surface area contributed by atoms with E-state index in [-0.39, 0.29) is 0 Å². The van der Waals surface area contributed by atoms with Crippen LogP contribution in [0.2, 0.25) is 0 Å². The summed E-state index contributed by atoms with van der Waals surface area (Å²) >= 11 is 0. The Hall–Kier alpha value is -0.570. The topological polar surface area (TPSA) is 32.3 Å². The lowest BCUT2D eigenvalue weighted by molar-refractivity contribution is -0.130. The number of nitrogens with zero attached hydrogens (tertiary/aromatic N) is 1. The molecule has 0 radical (unpaired) electrons. The zero-order chi connectivity index (χ0) is 11.4. The molecule has 0 bridgehead atoms. The second-order valence-electron chi connectivity index (χ2n) is 4.92. The van der Waals surface area contributed by atoms with Crippen molar-refractivity contribution >= 4 is 5.91 Å². The minimum atomic E-state index is 0.300. The Morgan fingerprint density at radius 1 is 1.40 bits per heavy atom. The lowest BCUT2D eigenvalue weighted by Crippen LogP contribution is -2.35. The fourth-order valence-corrected chi connectivity index (χ4v) is 2.14. The van der Waals surface area contributed by atoms with Crippen LogP contribution >= 0.6 is 0 Å². The van der Waals surface area contributed by atoms with Crippen molar-refractivity contribution in [2.24, 2.45) is 11.8 Å². The van der Waals surface area contributed by atoms with E-state index in [1.165, 1.54) is 0 Å². The van der Waals surface area contributed by atoms with E-state index in [4.69, 9.17) is 0 Å². The Bertz CT molecular complexity index is 208. The Kier molecular flexibility index (Phi) is 4.58. The van der Waals surface area contributed by atoms with Crippen LogP contribution in [0.4, 0.5) is 0 Å². The van der Waals surface area contributed by atoms with Crippen LogP contribution in [0.3, 0.4) is 0 Å². The zero-order valence-corrected chi connectivity index (χ0v) is 10.4. The normalized spacial score (nSPS) is 28.1. The van der Waals surface area contributed by atoms with Gasteiger partial charge >= 0.3 is 0 Å². The smallest absolute Gasteiger partial charge is 0.224 e. The monoisotopic (exact) mass is 212 g/mol. The van der Waals surface area contributed by atoms with Crippen molar-refractivity contribution in [1.82, 2.24) is 10.2 Å². The molecule has 88 valence electrons. The molecule has 3 nitrogen and oxygen atoms in total. The summed E-state index contributed by atoms with van der Waals surface area (Å²) in [6, 6.07) is 0.300. The van der Waals surface area contributed by atoms with E-state index in [9.17, 15) is 4.79 Å². The van der Waals surface area contributed by atoms with Gasteiger partial charge in [-0.15, -0.1) is 0 Å². The third-order valence-electron chi connectivity index (χ3n) is 3.37. The van der Waals surface area contributed by atoms with E-state index in [1.807, 2.05) is 4.90 Å². The Morgan fingerprint density at radius 3 is 2.40 bits per heavy atom. The van der Waals surface area contributed by atoms with E-state index in [0.29, 0.717) is 30.2 Å². The maximum atomic E-state index is 11.9. The average molecular weight is 212 g/mol. The Morgan fingerprint density at radius 2 is 1.93 bits per heavy atom. The maximum Gasteiger partial charge on any atom is 0.224 e. The van der Waals surface area contributed by atoms with Gasteiger partial charge in [0.25, 0.3) is 0 Å². The van der Waals surface area contributed by atoms with E-state index in [2.05, 4.69) is 33.0 Å². The standard InChI is InChI=1S/C12H24N2O/c1-5-13-11(4)6-12(15)14-7-9(2)10(3)8-14/h9-11,13H,5-8H2,1-4H3. The van der Waals surface area contributed by atoms with Crippen molar-refractivity contribution < 1.29 is 4.79 Å². The molecule has 0 aromatic rings. The first kappa shape index (κ1) is 12.5. The van der Waals surface area contributed by atoms with Gasteiger partial charge in [-0.3, -0.25) is 4.79 Å². The summed E-state index contributed by atoms with van der Waals surface area (Å²) < 4.78 is 0. The van der Waals surface area contributed by atoms with Crippen LogP contribution in [0, 0.1) is 11.8 Å². The third-order valence-corrected chi connectivity index (χ3v) is 3.37. The average Bonchev–Trinajstić information content (AvgIpc) is 2.47. The van der Waals surface area contributed by atoms with Crippen molar-refractivity contribution in [3.8, 4) is 0 Å². The van der Waals surface area contributed by atoms with Crippen LogP contribution in [0.1, 0.15) is 34.1 Å². The molecule has 15 heavy (non-hydrogen) atoms. The third kappa shape index (κ3) is 3.49. The molecule has 0 saturated carbocycles. The van der Waals surface area contributed by atoms with Crippen LogP contribution in [-0.4, -0.2) is 36.5 Å². The number of rotatable bonds is 4. The molecule has 1 heterocycles. The van der Waals surface area contributed by atoms with Crippen LogP contribution in [0.15, 0.2) is 0 Å². The molecule has 1 aliphatic rings. The van der Waals surface area contributed by atoms with Gasteiger partial charge in [-0.1, -0.05) is 20.8 Å². The molecule has 1 amide bonds. The Labute approximate surface area is 93.2 Å². The van der Waals surface area contributed by atoms with Gasteiger partial charge in [0.05, 0.1) is 0 Å². The molecule has 0 aromatic heterocycles. The molecule has 1 aliphatic heterocycles. The first-order valence-corrected chi connectivity index (χ1v) is 6.05. The molecule has 1 N–H and O–H groups in total. The quantitative estimate of drug-likeness (QED) is 0.765. The van der Waals surface area contributed by atoms with Gasteiger partial charge in [-0.25, -0.2) is 0 Å². The molecule has 0 aliphatic carbocycles. The summed E-state index contributed by atoms with van der Waals surface area (Å²) in [4.78, 5) is 13.9. The molecular weight excluding hydrogens is 188 g/mol. The number of likely N-dealkylation sites (tertiary alicyclic amines) is 1. The second-order valence-corrected chi connectivity index (χ2v) is 4.92. The van der Waals surface area contributed by atoms with Crippen LogP contribution in [-0.2, 0) is 4.79 Å². The van der Waals surface area contributed by atoms with E-state index >= 15 is 0 Å². The fourth-order valence-electron chi connectivity index (χ4n) is 2.14. The number of hydrogen-bond donors (Lipinski definition) is 1. The van der Waals surface area contributed by atoms with E-state index < -0.39 is 0 Å². The maximum absolute atomic E-state index is 11.9. The zero-order valence-electron chi connectivity index (χ0n) is 10.4. The molecule has 3 unspecified atom stereocenters. The van der Waals surface area contributed by atoms with E-state index in [1.54, 1.807) is 0 Å². The molecule has 0 aromatic carbocycles. The SMILES string of the molecule is CCNC(C)CC(=O)N1CC(C)C(C)C1. The highest BCUT2D eigenvalue weighted by Crippen LogP contribution is 2.22. The highest BCUT2D eigenvalue weighted by molar-refractivity contribution is 5.77. The van der Waals surface area contributed by atoms with Crippen LogP contribution in [0.25, 0.3) is 0 Å². The molecule has 3 atom stereocenters. The summed E-state index contributed by atoms with van der Waals surface area (Å²) in [5.41, 5.74) is 0. The minimum absolute atomic E-state index is 0.300. The molecule has 3 heteroatoms. The van der Waals surface area contributed by atoms with Gasteiger partial charge in [0.2, 0.25) is 5.91 Å². The molecule has 1 rings (SSSR count). The first-order valence-electron chi connectivity index (χ1n) is 6.05. The highest BCUT2D eigenvalue weighted by atomic mass is 16.2. The largest absolute Gasteiger partial charge is 0.342 e. The molecular formula is C12H24N2O. The van der Waals surface area contributed by atoms with Crippen molar-refractivity contribution in [2.45, 2.75) is 40.2 Å². The van der Waals surface area contributed by atoms with Gasteiger partial charge in [0.1, 0.15) is 0 Å². The number of carbonyl (C=O) groups excluding carboxylic acids is 1. The summed E-state index contributed by atoms with van der Waals surface area (Å²) in [6.07, 6.45) is 0.632. The van der Waals surface area contributed by atoms with Gasteiger partial charge in [0, 0.05) is 25.6 Å². The van der Waals surface area contributed by atoms with Crippen molar-refractivity contribution in [2.75, 3.05) is 19.6 Å². The van der Waals surface area contributed by atoms with Crippen LogP contribution in [0.5, 0.6) is 0 Å². The van der Waals surface area contributed by atoms with Gasteiger partial charge in [0.15, 0.2) is 0 Å². The summed E-state index contributed by atoms with van der Waals surface area (Å²) in [6.45, 7) is 11.4. The number of hydrogen-bond acceptors (Lipinski definition) is 2. The van der Waals surface area contributed by atoms with Crippen molar-refractivity contribution in [1.29, 1.82) is 0 Å². The lowest BCUT2D eigenvalue weighted by atomic mass is 10.0. The predicted octanol–water partition coefficient (Wildman–Crippen LogP) is 1.49. The highest BCUT2D eigenvalue weighted by Gasteiger charge is 2.29. The number of nitrogens with one attached hydrogen (secondary N) is 1. The number of carbonyl (C=O) groups is 1. The van der Waals surface area contributed by atoms with E-state index in [0.717, 1.165) is 19.6 Å². The van der Waals surface area contributed by atoms with Gasteiger partial charge in [-0.2, -0.15) is 0 Å². The second kappa shape index (κ2) is 5.50. The number of amides is 1.